The maximum atomic E-state index is 13.5. The largest absolute Gasteiger partial charge is 0.337 e. The Labute approximate surface area is 182 Å². The molecule has 0 aliphatic heterocycles. The predicted molar refractivity (Wildman–Crippen MR) is 119 cm³/mol. The summed E-state index contributed by atoms with van der Waals surface area (Å²) in [6.45, 7) is 5.23. The highest BCUT2D eigenvalue weighted by Crippen LogP contribution is 2.33. The van der Waals surface area contributed by atoms with Crippen molar-refractivity contribution in [3.63, 3.8) is 0 Å². The molecule has 4 aromatic rings. The fraction of sp³-hybridized carbons (Fsp3) is 0.227. The third kappa shape index (κ3) is 4.22. The molecular weight excluding hydrogens is 423 g/mol. The molecule has 1 amide bonds. The molecule has 8 heteroatoms. The third-order valence-electron chi connectivity index (χ3n) is 4.80. The van der Waals surface area contributed by atoms with Crippen LogP contribution in [0.5, 0.6) is 0 Å². The zero-order chi connectivity index (χ0) is 21.3. The van der Waals surface area contributed by atoms with Crippen LogP contribution >= 0.6 is 22.9 Å². The molecule has 2 aromatic heterocycles. The molecule has 2 heterocycles. The third-order valence-corrected chi connectivity index (χ3v) is 6.35. The Balaban J connectivity index is 1.69. The highest BCUT2D eigenvalue weighted by atomic mass is 35.5. The number of amides is 1. The number of fused-ring (bicyclic) bond motifs is 1. The first-order valence-electron chi connectivity index (χ1n) is 9.53. The van der Waals surface area contributed by atoms with Crippen molar-refractivity contribution in [2.75, 3.05) is 11.4 Å². The van der Waals surface area contributed by atoms with Crippen LogP contribution in [-0.2, 0) is 6.54 Å². The van der Waals surface area contributed by atoms with Crippen molar-refractivity contribution in [3.8, 4) is 0 Å². The minimum Gasteiger partial charge on any atom is -0.337 e. The van der Waals surface area contributed by atoms with Crippen LogP contribution in [0.25, 0.3) is 10.2 Å². The SMILES string of the molecule is Cc1cc(C)c2sc(N(CCCn3ccnc3)C(=O)c3ccc(F)cc3Cl)nc2c1. The lowest BCUT2D eigenvalue weighted by atomic mass is 10.1. The summed E-state index contributed by atoms with van der Waals surface area (Å²) in [6.07, 6.45) is 6.05. The standard InChI is InChI=1S/C22H20ClFN4OS/c1-14-10-15(2)20-19(11-14)26-22(30-20)28(8-3-7-27-9-6-25-13-27)21(29)17-5-4-16(24)12-18(17)23/h4-6,9-13H,3,7-8H2,1-2H3. The maximum absolute atomic E-state index is 13.5. The second kappa shape index (κ2) is 8.53. The van der Waals surface area contributed by atoms with Gasteiger partial charge in [-0.3, -0.25) is 9.69 Å². The second-order valence-electron chi connectivity index (χ2n) is 7.16. The van der Waals surface area contributed by atoms with Gasteiger partial charge in [-0.1, -0.05) is 29.0 Å². The van der Waals surface area contributed by atoms with E-state index in [4.69, 9.17) is 16.6 Å². The molecule has 0 aliphatic rings. The van der Waals surface area contributed by atoms with Gasteiger partial charge in [0.05, 0.1) is 27.1 Å². The van der Waals surface area contributed by atoms with Crippen LogP contribution < -0.4 is 4.90 Å². The Hall–Kier alpha value is -2.77. The van der Waals surface area contributed by atoms with Gasteiger partial charge in [-0.2, -0.15) is 0 Å². The van der Waals surface area contributed by atoms with Crippen LogP contribution in [0.15, 0.2) is 49.1 Å². The number of carbonyl (C=O) groups is 1. The average Bonchev–Trinajstić information content (AvgIpc) is 3.34. The molecule has 0 radical (unpaired) electrons. The van der Waals surface area contributed by atoms with Crippen LogP contribution in [-0.4, -0.2) is 27.0 Å². The number of hydrogen-bond acceptors (Lipinski definition) is 4. The van der Waals surface area contributed by atoms with Crippen LogP contribution in [0.1, 0.15) is 27.9 Å². The number of rotatable bonds is 6. The topological polar surface area (TPSA) is 51.0 Å². The number of halogens is 2. The second-order valence-corrected chi connectivity index (χ2v) is 8.55. The summed E-state index contributed by atoms with van der Waals surface area (Å²) in [5.74, 6) is -0.770. The molecule has 4 rings (SSSR count). The van der Waals surface area contributed by atoms with E-state index in [9.17, 15) is 9.18 Å². The Morgan fingerprint density at radius 3 is 2.83 bits per heavy atom. The van der Waals surface area contributed by atoms with Crippen LogP contribution in [0.3, 0.4) is 0 Å². The van der Waals surface area contributed by atoms with E-state index in [0.717, 1.165) is 27.4 Å². The van der Waals surface area contributed by atoms with Gasteiger partial charge in [0.1, 0.15) is 5.82 Å². The number of hydrogen-bond donors (Lipinski definition) is 0. The summed E-state index contributed by atoms with van der Waals surface area (Å²) < 4.78 is 16.5. The van der Waals surface area contributed by atoms with E-state index in [-0.39, 0.29) is 16.5 Å². The molecule has 0 spiro atoms. The number of benzene rings is 2. The molecule has 0 N–H and O–H groups in total. The highest BCUT2D eigenvalue weighted by Gasteiger charge is 2.23. The maximum Gasteiger partial charge on any atom is 0.261 e. The summed E-state index contributed by atoms with van der Waals surface area (Å²) in [6, 6.07) is 7.94. The first-order valence-corrected chi connectivity index (χ1v) is 10.7. The number of imidazole rings is 1. The van der Waals surface area contributed by atoms with Crippen molar-refractivity contribution in [2.45, 2.75) is 26.8 Å². The molecule has 0 aliphatic carbocycles. The number of nitrogens with zero attached hydrogens (tertiary/aromatic N) is 4. The lowest BCUT2D eigenvalue weighted by Crippen LogP contribution is -2.32. The Morgan fingerprint density at radius 1 is 1.27 bits per heavy atom. The molecular formula is C22H20ClFN4OS. The van der Waals surface area contributed by atoms with Crippen molar-refractivity contribution in [2.24, 2.45) is 0 Å². The summed E-state index contributed by atoms with van der Waals surface area (Å²) >= 11 is 7.66. The van der Waals surface area contributed by atoms with E-state index in [2.05, 4.69) is 11.1 Å². The summed E-state index contributed by atoms with van der Waals surface area (Å²) in [4.78, 5) is 23.8. The number of carbonyl (C=O) groups excluding carboxylic acids is 1. The van der Waals surface area contributed by atoms with Crippen molar-refractivity contribution >= 4 is 44.2 Å². The Kier molecular flexibility index (Phi) is 5.83. The van der Waals surface area contributed by atoms with E-state index >= 15 is 0 Å². The van der Waals surface area contributed by atoms with Gasteiger partial charge in [0.15, 0.2) is 5.13 Å². The van der Waals surface area contributed by atoms with Crippen molar-refractivity contribution in [1.29, 1.82) is 0 Å². The normalized spacial score (nSPS) is 11.2. The zero-order valence-corrected chi connectivity index (χ0v) is 18.2. The lowest BCUT2D eigenvalue weighted by Gasteiger charge is -2.20. The molecule has 0 bridgehead atoms. The van der Waals surface area contributed by atoms with Crippen LogP contribution in [0.2, 0.25) is 5.02 Å². The number of aromatic nitrogens is 3. The van der Waals surface area contributed by atoms with Crippen LogP contribution in [0.4, 0.5) is 9.52 Å². The predicted octanol–water partition coefficient (Wildman–Crippen LogP) is 5.64. The quantitative estimate of drug-likeness (QED) is 0.388. The molecule has 30 heavy (non-hydrogen) atoms. The monoisotopic (exact) mass is 442 g/mol. The van der Waals surface area contributed by atoms with Crippen molar-refractivity contribution in [1.82, 2.24) is 14.5 Å². The molecule has 0 saturated carbocycles. The summed E-state index contributed by atoms with van der Waals surface area (Å²) in [7, 11) is 0. The number of anilines is 1. The van der Waals surface area contributed by atoms with Gasteiger partial charge in [0.2, 0.25) is 0 Å². The van der Waals surface area contributed by atoms with E-state index in [1.54, 1.807) is 17.4 Å². The van der Waals surface area contributed by atoms with E-state index < -0.39 is 5.82 Å². The first-order chi connectivity index (χ1) is 14.4. The molecule has 0 unspecified atom stereocenters. The zero-order valence-electron chi connectivity index (χ0n) is 16.6. The minimum absolute atomic E-state index is 0.0905. The van der Waals surface area contributed by atoms with Gasteiger partial charge in [0.25, 0.3) is 5.91 Å². The molecule has 154 valence electrons. The highest BCUT2D eigenvalue weighted by molar-refractivity contribution is 7.22. The molecule has 5 nitrogen and oxygen atoms in total. The molecule has 0 atom stereocenters. The minimum atomic E-state index is -0.478. The van der Waals surface area contributed by atoms with Gasteiger partial charge in [-0.05, 0) is 55.7 Å². The van der Waals surface area contributed by atoms with Gasteiger partial charge >= 0.3 is 0 Å². The van der Waals surface area contributed by atoms with Crippen LogP contribution in [0, 0.1) is 19.7 Å². The van der Waals surface area contributed by atoms with Crippen molar-refractivity contribution in [3.05, 3.63) is 76.6 Å². The lowest BCUT2D eigenvalue weighted by molar-refractivity contribution is 0.0986. The van der Waals surface area contributed by atoms with E-state index in [1.165, 1.54) is 23.5 Å². The summed E-state index contributed by atoms with van der Waals surface area (Å²) in [5, 5.41) is 0.697. The molecule has 0 saturated heterocycles. The van der Waals surface area contributed by atoms with Gasteiger partial charge in [0, 0.05) is 25.5 Å². The molecule has 0 fully saturated rings. The van der Waals surface area contributed by atoms with Gasteiger partial charge < -0.3 is 4.57 Å². The number of thiazole rings is 1. The van der Waals surface area contributed by atoms with E-state index in [0.29, 0.717) is 24.6 Å². The van der Waals surface area contributed by atoms with Crippen molar-refractivity contribution < 1.29 is 9.18 Å². The fourth-order valence-electron chi connectivity index (χ4n) is 3.40. The average molecular weight is 443 g/mol. The fourth-order valence-corrected chi connectivity index (χ4v) is 4.69. The van der Waals surface area contributed by atoms with E-state index in [1.807, 2.05) is 30.7 Å². The van der Waals surface area contributed by atoms with Gasteiger partial charge in [-0.25, -0.2) is 14.4 Å². The Morgan fingerprint density at radius 2 is 2.10 bits per heavy atom. The Bertz CT molecular complexity index is 1210. The number of aryl methyl sites for hydroxylation is 3. The van der Waals surface area contributed by atoms with Gasteiger partial charge in [-0.15, -0.1) is 0 Å². The molecule has 2 aromatic carbocycles. The summed E-state index contributed by atoms with van der Waals surface area (Å²) in [5.41, 5.74) is 3.37. The first kappa shape index (κ1) is 20.5. The smallest absolute Gasteiger partial charge is 0.261 e.